The minimum absolute atomic E-state index is 0.0233. The van der Waals surface area contributed by atoms with Crippen LogP contribution in [0.1, 0.15) is 80.9 Å². The highest BCUT2D eigenvalue weighted by Crippen LogP contribution is 2.46. The Morgan fingerprint density at radius 2 is 1.81 bits per heavy atom. The van der Waals surface area contributed by atoms with Gasteiger partial charge in [0.05, 0.1) is 11.9 Å². The fourth-order valence-corrected chi connectivity index (χ4v) is 5.21. The second-order valence-electron chi connectivity index (χ2n) is 10.1. The number of halogens is 2. The zero-order chi connectivity index (χ0) is 26.0. The number of aromatic amines is 1. The molecule has 3 atom stereocenters. The summed E-state index contributed by atoms with van der Waals surface area (Å²) in [5, 5.41) is 10.2. The first-order valence-electron chi connectivity index (χ1n) is 12.5. The number of nitrogens with zero attached hydrogens (tertiary/aromatic N) is 2. The fourth-order valence-electron chi connectivity index (χ4n) is 5.21. The van der Waals surface area contributed by atoms with Gasteiger partial charge in [0, 0.05) is 42.2 Å². The molecular formula is C28H34F2N4O2. The zero-order valence-corrected chi connectivity index (χ0v) is 21.4. The Morgan fingerprint density at radius 3 is 2.50 bits per heavy atom. The molecule has 2 aromatic carbocycles. The number of hydrogen-bond acceptors (Lipinski definition) is 4. The van der Waals surface area contributed by atoms with E-state index in [0.717, 1.165) is 41.1 Å². The molecule has 36 heavy (non-hydrogen) atoms. The molecule has 5 rings (SSSR count). The van der Waals surface area contributed by atoms with Crippen LogP contribution in [0.5, 0.6) is 0 Å². The van der Waals surface area contributed by atoms with Crippen molar-refractivity contribution in [1.82, 2.24) is 20.4 Å². The number of nitrogens with one attached hydrogen (secondary N) is 2. The summed E-state index contributed by atoms with van der Waals surface area (Å²) in [6.45, 7) is 10.8. The SMILES string of the molecule is CC.CC(C)(C)OC(=O)NC1CC(N2Cc3cn[nH]c3C2)c2ccccc2[C@@H]1c1cc(F)ccc1F. The summed E-state index contributed by atoms with van der Waals surface area (Å²) in [6.07, 6.45) is 1.79. The topological polar surface area (TPSA) is 70.2 Å². The van der Waals surface area contributed by atoms with Crippen molar-refractivity contribution < 1.29 is 18.3 Å². The van der Waals surface area contributed by atoms with Crippen LogP contribution in [0.15, 0.2) is 48.7 Å². The second-order valence-corrected chi connectivity index (χ2v) is 10.1. The highest BCUT2D eigenvalue weighted by atomic mass is 19.1. The van der Waals surface area contributed by atoms with E-state index in [0.29, 0.717) is 13.0 Å². The van der Waals surface area contributed by atoms with E-state index in [1.54, 1.807) is 20.8 Å². The van der Waals surface area contributed by atoms with Gasteiger partial charge in [0.1, 0.15) is 17.2 Å². The van der Waals surface area contributed by atoms with E-state index in [-0.39, 0.29) is 11.6 Å². The molecule has 1 aliphatic heterocycles. The van der Waals surface area contributed by atoms with Gasteiger partial charge in [0.15, 0.2) is 0 Å². The molecule has 3 aromatic rings. The molecule has 0 saturated heterocycles. The Bertz CT molecular complexity index is 1200. The van der Waals surface area contributed by atoms with Gasteiger partial charge < -0.3 is 10.1 Å². The van der Waals surface area contributed by atoms with Gasteiger partial charge in [-0.15, -0.1) is 0 Å². The second kappa shape index (κ2) is 10.4. The molecule has 2 heterocycles. The van der Waals surface area contributed by atoms with Crippen molar-refractivity contribution in [2.45, 2.75) is 77.7 Å². The van der Waals surface area contributed by atoms with Crippen molar-refractivity contribution in [2.75, 3.05) is 0 Å². The third kappa shape index (κ3) is 5.28. The van der Waals surface area contributed by atoms with Crippen molar-refractivity contribution in [1.29, 1.82) is 0 Å². The van der Waals surface area contributed by atoms with Gasteiger partial charge in [-0.25, -0.2) is 13.6 Å². The third-order valence-corrected chi connectivity index (χ3v) is 6.55. The first-order chi connectivity index (χ1) is 17.2. The molecule has 1 amide bonds. The van der Waals surface area contributed by atoms with E-state index in [1.165, 1.54) is 6.07 Å². The van der Waals surface area contributed by atoms with Crippen molar-refractivity contribution in [3.8, 4) is 0 Å². The Balaban J connectivity index is 0.00000148. The summed E-state index contributed by atoms with van der Waals surface area (Å²) in [4.78, 5) is 15.1. The van der Waals surface area contributed by atoms with Gasteiger partial charge in [0.2, 0.25) is 0 Å². The molecule has 0 radical (unpaired) electrons. The lowest BCUT2D eigenvalue weighted by molar-refractivity contribution is 0.0475. The molecule has 0 spiro atoms. The number of carbonyl (C=O) groups is 1. The maximum absolute atomic E-state index is 15.0. The van der Waals surface area contributed by atoms with Crippen LogP contribution in [-0.4, -0.2) is 32.8 Å². The molecule has 1 aliphatic carbocycles. The van der Waals surface area contributed by atoms with Crippen LogP contribution in [0.4, 0.5) is 13.6 Å². The van der Waals surface area contributed by atoms with Gasteiger partial charge in [-0.1, -0.05) is 38.1 Å². The number of hydrogen-bond donors (Lipinski definition) is 2. The van der Waals surface area contributed by atoms with E-state index >= 15 is 4.39 Å². The summed E-state index contributed by atoms with van der Waals surface area (Å²) in [7, 11) is 0. The van der Waals surface area contributed by atoms with E-state index < -0.39 is 35.3 Å². The normalized spacial score (nSPS) is 21.1. The highest BCUT2D eigenvalue weighted by Gasteiger charge is 2.42. The number of alkyl carbamates (subject to hydrolysis) is 1. The lowest BCUT2D eigenvalue weighted by atomic mass is 9.73. The first kappa shape index (κ1) is 25.8. The number of amides is 1. The van der Waals surface area contributed by atoms with Crippen LogP contribution in [0.3, 0.4) is 0 Å². The average Bonchev–Trinajstić information content (AvgIpc) is 3.43. The monoisotopic (exact) mass is 496 g/mol. The van der Waals surface area contributed by atoms with E-state index in [2.05, 4.69) is 20.4 Å². The largest absolute Gasteiger partial charge is 0.444 e. The standard InChI is InChI=1S/C26H28F2N4O2.C2H6/c1-26(2,3)34-25(33)30-21-11-23(32-13-15-12-29-31-22(15)14-32)17-6-4-5-7-18(17)24(21)19-10-16(27)8-9-20(19)28;1-2/h4-10,12,21,23-24H,11,13-14H2,1-3H3,(H,29,31)(H,30,33);1-2H3/t21?,23?,24-;/m1./s1. The molecular weight excluding hydrogens is 462 g/mol. The van der Waals surface area contributed by atoms with Crippen LogP contribution in [0.2, 0.25) is 0 Å². The Kier molecular flexibility index (Phi) is 7.45. The van der Waals surface area contributed by atoms with Crippen LogP contribution in [-0.2, 0) is 17.8 Å². The third-order valence-electron chi connectivity index (χ3n) is 6.55. The molecule has 1 aromatic heterocycles. The summed E-state index contributed by atoms with van der Waals surface area (Å²) in [6, 6.07) is 10.8. The maximum atomic E-state index is 15.0. The highest BCUT2D eigenvalue weighted by molar-refractivity contribution is 5.69. The summed E-state index contributed by atoms with van der Waals surface area (Å²) in [5.41, 5.74) is 3.69. The average molecular weight is 497 g/mol. The van der Waals surface area contributed by atoms with E-state index in [9.17, 15) is 9.18 Å². The molecule has 0 fully saturated rings. The summed E-state index contributed by atoms with van der Waals surface area (Å²) < 4.78 is 34.8. The Morgan fingerprint density at radius 1 is 1.08 bits per heavy atom. The van der Waals surface area contributed by atoms with Crippen molar-refractivity contribution in [3.63, 3.8) is 0 Å². The molecule has 192 valence electrons. The van der Waals surface area contributed by atoms with E-state index in [1.807, 2.05) is 44.3 Å². The van der Waals surface area contributed by atoms with Crippen molar-refractivity contribution in [2.24, 2.45) is 0 Å². The number of aromatic nitrogens is 2. The quantitative estimate of drug-likeness (QED) is 0.453. The van der Waals surface area contributed by atoms with Crippen molar-refractivity contribution >= 4 is 6.09 Å². The molecule has 6 nitrogen and oxygen atoms in total. The van der Waals surface area contributed by atoms with Gasteiger partial charge >= 0.3 is 6.09 Å². The first-order valence-corrected chi connectivity index (χ1v) is 12.5. The maximum Gasteiger partial charge on any atom is 0.407 e. The molecule has 8 heteroatoms. The zero-order valence-electron chi connectivity index (χ0n) is 21.4. The van der Waals surface area contributed by atoms with Crippen LogP contribution >= 0.6 is 0 Å². The fraction of sp³-hybridized carbons (Fsp3) is 0.429. The summed E-state index contributed by atoms with van der Waals surface area (Å²) >= 11 is 0. The Hall–Kier alpha value is -3.26. The lowest BCUT2D eigenvalue weighted by Gasteiger charge is -2.42. The van der Waals surface area contributed by atoms with Crippen LogP contribution in [0.25, 0.3) is 0 Å². The molecule has 2 unspecified atom stereocenters. The molecule has 0 bridgehead atoms. The molecule has 2 aliphatic rings. The van der Waals surface area contributed by atoms with Gasteiger partial charge in [-0.05, 0) is 56.5 Å². The number of ether oxygens (including phenoxy) is 1. The van der Waals surface area contributed by atoms with Crippen LogP contribution < -0.4 is 5.32 Å². The molecule has 2 N–H and O–H groups in total. The van der Waals surface area contributed by atoms with Crippen LogP contribution in [0, 0.1) is 11.6 Å². The number of rotatable bonds is 3. The smallest absolute Gasteiger partial charge is 0.407 e. The van der Waals surface area contributed by atoms with Gasteiger partial charge in [-0.3, -0.25) is 10.00 Å². The number of H-pyrrole nitrogens is 1. The minimum Gasteiger partial charge on any atom is -0.444 e. The summed E-state index contributed by atoms with van der Waals surface area (Å²) in [5.74, 6) is -1.58. The van der Waals surface area contributed by atoms with Gasteiger partial charge in [-0.2, -0.15) is 5.10 Å². The van der Waals surface area contributed by atoms with E-state index in [4.69, 9.17) is 4.74 Å². The minimum atomic E-state index is -0.680. The number of benzene rings is 2. The number of fused-ring (bicyclic) bond motifs is 2. The van der Waals surface area contributed by atoms with Crippen molar-refractivity contribution in [3.05, 3.63) is 88.2 Å². The lowest BCUT2D eigenvalue weighted by Crippen LogP contribution is -2.47. The predicted octanol–water partition coefficient (Wildman–Crippen LogP) is 6.20. The molecule has 0 saturated carbocycles. The number of carbonyl (C=O) groups excluding carboxylic acids is 1. The predicted molar refractivity (Wildman–Crippen MR) is 134 cm³/mol. The van der Waals surface area contributed by atoms with Gasteiger partial charge in [0.25, 0.3) is 0 Å². The Labute approximate surface area is 211 Å².